The fraction of sp³-hybridized carbons (Fsp3) is 0.409. The Morgan fingerprint density at radius 3 is 2.77 bits per heavy atom. The van der Waals surface area contributed by atoms with E-state index in [4.69, 9.17) is 0 Å². The van der Waals surface area contributed by atoms with Gasteiger partial charge in [-0.3, -0.25) is 18.9 Å². The van der Waals surface area contributed by atoms with Crippen LogP contribution in [0.5, 0.6) is 0 Å². The van der Waals surface area contributed by atoms with Gasteiger partial charge in [0.05, 0.1) is 11.4 Å². The van der Waals surface area contributed by atoms with E-state index in [0.29, 0.717) is 23.0 Å². The first-order valence-electron chi connectivity index (χ1n) is 10.5. The third-order valence-corrected chi connectivity index (χ3v) is 7.03. The number of amides is 1. The minimum atomic E-state index is -0.0732. The number of aromatic nitrogens is 2. The summed E-state index contributed by atoms with van der Waals surface area (Å²) in [5.74, 6) is 0.970. The van der Waals surface area contributed by atoms with Crippen molar-refractivity contribution in [2.24, 2.45) is 0 Å². The van der Waals surface area contributed by atoms with Crippen molar-refractivity contribution in [1.82, 2.24) is 19.6 Å². The number of anilines is 1. The lowest BCUT2D eigenvalue weighted by atomic mass is 10.2. The van der Waals surface area contributed by atoms with Gasteiger partial charge in [0.2, 0.25) is 5.91 Å². The molecule has 9 heteroatoms. The van der Waals surface area contributed by atoms with Gasteiger partial charge in [-0.2, -0.15) is 0 Å². The molecule has 1 aromatic carbocycles. The third-order valence-electron chi connectivity index (χ3n) is 5.31. The quantitative estimate of drug-likeness (QED) is 0.498. The Hall–Kier alpha value is -2.36. The molecular formula is C22H27N5O2S2. The number of benzene rings is 1. The van der Waals surface area contributed by atoms with Gasteiger partial charge in [0, 0.05) is 61.8 Å². The van der Waals surface area contributed by atoms with Gasteiger partial charge in [-0.1, -0.05) is 18.2 Å². The van der Waals surface area contributed by atoms with E-state index >= 15 is 0 Å². The van der Waals surface area contributed by atoms with E-state index in [0.717, 1.165) is 44.8 Å². The van der Waals surface area contributed by atoms with Crippen LogP contribution in [0.1, 0.15) is 12.1 Å². The smallest absolute Gasteiger partial charge is 0.258 e. The molecule has 0 radical (unpaired) electrons. The fourth-order valence-electron chi connectivity index (χ4n) is 3.66. The van der Waals surface area contributed by atoms with E-state index in [9.17, 15) is 9.59 Å². The molecule has 1 saturated heterocycles. The standard InChI is InChI=1S/C22H27N5O2S2/c28-20(17-30-16-18-15-21(29)27-13-14-31-22(27)24-18)23-7-4-8-25-9-11-26(12-10-25)19-5-2-1-3-6-19/h1-3,5-6,13-15H,4,7-12,16-17H2,(H,23,28). The molecule has 1 aliphatic rings. The van der Waals surface area contributed by atoms with Crippen LogP contribution >= 0.6 is 23.1 Å². The monoisotopic (exact) mass is 457 g/mol. The second-order valence-electron chi connectivity index (χ2n) is 7.50. The highest BCUT2D eigenvalue weighted by molar-refractivity contribution is 7.99. The van der Waals surface area contributed by atoms with E-state index in [2.05, 4.69) is 50.4 Å². The number of carbonyl (C=O) groups excluding carboxylic acids is 1. The zero-order valence-electron chi connectivity index (χ0n) is 17.4. The van der Waals surface area contributed by atoms with E-state index in [-0.39, 0.29) is 11.5 Å². The van der Waals surface area contributed by atoms with Gasteiger partial charge in [0.25, 0.3) is 5.56 Å². The first-order valence-corrected chi connectivity index (χ1v) is 12.5. The predicted molar refractivity (Wildman–Crippen MR) is 128 cm³/mol. The molecule has 31 heavy (non-hydrogen) atoms. The molecular weight excluding hydrogens is 430 g/mol. The van der Waals surface area contributed by atoms with Crippen molar-refractivity contribution in [3.05, 3.63) is 64.0 Å². The number of rotatable bonds is 9. The number of piperazine rings is 1. The summed E-state index contributed by atoms with van der Waals surface area (Å²) in [4.78, 5) is 34.1. The Morgan fingerprint density at radius 2 is 1.97 bits per heavy atom. The summed E-state index contributed by atoms with van der Waals surface area (Å²) in [6.45, 7) is 5.90. The SMILES string of the molecule is O=C(CSCc1cc(=O)n2ccsc2n1)NCCCN1CCN(c2ccccc2)CC1. The van der Waals surface area contributed by atoms with Crippen molar-refractivity contribution in [3.63, 3.8) is 0 Å². The minimum absolute atomic E-state index is 0.0350. The van der Waals surface area contributed by atoms with E-state index in [1.165, 1.54) is 33.2 Å². The normalized spacial score (nSPS) is 14.8. The lowest BCUT2D eigenvalue weighted by molar-refractivity contribution is -0.118. The molecule has 0 bridgehead atoms. The highest BCUT2D eigenvalue weighted by Crippen LogP contribution is 2.15. The van der Waals surface area contributed by atoms with Crippen LogP contribution < -0.4 is 15.8 Å². The van der Waals surface area contributed by atoms with Crippen LogP contribution in [0, 0.1) is 0 Å². The van der Waals surface area contributed by atoms with Crippen LogP contribution in [-0.4, -0.2) is 65.2 Å². The van der Waals surface area contributed by atoms with Gasteiger partial charge in [0.1, 0.15) is 0 Å². The molecule has 2 aromatic heterocycles. The Kier molecular flexibility index (Phi) is 7.61. The van der Waals surface area contributed by atoms with Crippen molar-refractivity contribution in [1.29, 1.82) is 0 Å². The largest absolute Gasteiger partial charge is 0.369 e. The topological polar surface area (TPSA) is 69.9 Å². The summed E-state index contributed by atoms with van der Waals surface area (Å²) in [6.07, 6.45) is 2.68. The summed E-state index contributed by atoms with van der Waals surface area (Å²) in [5, 5.41) is 4.84. The first-order chi connectivity index (χ1) is 15.2. The molecule has 3 heterocycles. The van der Waals surface area contributed by atoms with Crippen LogP contribution in [0.3, 0.4) is 0 Å². The zero-order chi connectivity index (χ0) is 21.5. The zero-order valence-corrected chi connectivity index (χ0v) is 19.0. The van der Waals surface area contributed by atoms with E-state index in [1.54, 1.807) is 12.3 Å². The molecule has 164 valence electrons. The Balaban J connectivity index is 1.09. The average Bonchev–Trinajstić information content (AvgIpc) is 3.27. The second-order valence-corrected chi connectivity index (χ2v) is 9.36. The van der Waals surface area contributed by atoms with Crippen LogP contribution in [-0.2, 0) is 10.5 Å². The molecule has 0 unspecified atom stereocenters. The number of fused-ring (bicyclic) bond motifs is 1. The number of nitrogens with zero attached hydrogens (tertiary/aromatic N) is 4. The number of hydrogen-bond donors (Lipinski definition) is 1. The van der Waals surface area contributed by atoms with Crippen molar-refractivity contribution in [2.75, 3.05) is 49.9 Å². The van der Waals surface area contributed by atoms with Gasteiger partial charge in [-0.25, -0.2) is 4.98 Å². The molecule has 3 aromatic rings. The number of nitrogens with one attached hydrogen (secondary N) is 1. The number of thiazole rings is 1. The van der Waals surface area contributed by atoms with E-state index < -0.39 is 0 Å². The Morgan fingerprint density at radius 1 is 1.16 bits per heavy atom. The van der Waals surface area contributed by atoms with E-state index in [1.807, 2.05) is 5.38 Å². The van der Waals surface area contributed by atoms with Gasteiger partial charge < -0.3 is 10.2 Å². The first kappa shape index (κ1) is 21.9. The van der Waals surface area contributed by atoms with Crippen molar-refractivity contribution < 1.29 is 4.79 Å². The maximum atomic E-state index is 12.1. The summed E-state index contributed by atoms with van der Waals surface area (Å²) in [7, 11) is 0. The predicted octanol–water partition coefficient (Wildman–Crippen LogP) is 2.32. The van der Waals surface area contributed by atoms with Crippen LogP contribution in [0.2, 0.25) is 0 Å². The summed E-state index contributed by atoms with van der Waals surface area (Å²) in [5.41, 5.74) is 1.94. The van der Waals surface area contributed by atoms with Crippen molar-refractivity contribution in [3.8, 4) is 0 Å². The minimum Gasteiger partial charge on any atom is -0.369 e. The molecule has 1 N–H and O–H groups in total. The molecule has 1 aliphatic heterocycles. The molecule has 0 aliphatic carbocycles. The summed E-state index contributed by atoms with van der Waals surface area (Å²) in [6, 6.07) is 12.1. The Labute approximate surface area is 190 Å². The van der Waals surface area contributed by atoms with Crippen LogP contribution in [0.4, 0.5) is 5.69 Å². The maximum absolute atomic E-state index is 12.1. The number of hydrogen-bond acceptors (Lipinski definition) is 7. The lowest BCUT2D eigenvalue weighted by Crippen LogP contribution is -2.47. The fourth-order valence-corrected chi connectivity index (χ4v) is 5.15. The number of thioether (sulfide) groups is 1. The lowest BCUT2D eigenvalue weighted by Gasteiger charge is -2.36. The summed E-state index contributed by atoms with van der Waals surface area (Å²) >= 11 is 2.92. The highest BCUT2D eigenvalue weighted by Gasteiger charge is 2.16. The van der Waals surface area contributed by atoms with Gasteiger partial charge in [-0.15, -0.1) is 23.1 Å². The average molecular weight is 458 g/mol. The Bertz CT molecular complexity index is 1040. The van der Waals surface area contributed by atoms with Gasteiger partial charge in [0.15, 0.2) is 4.96 Å². The molecule has 0 atom stereocenters. The molecule has 4 rings (SSSR count). The molecule has 7 nitrogen and oxygen atoms in total. The highest BCUT2D eigenvalue weighted by atomic mass is 32.2. The van der Waals surface area contributed by atoms with Crippen LogP contribution in [0.25, 0.3) is 4.96 Å². The summed E-state index contributed by atoms with van der Waals surface area (Å²) < 4.78 is 1.53. The molecule has 0 spiro atoms. The number of para-hydroxylation sites is 1. The van der Waals surface area contributed by atoms with Crippen molar-refractivity contribution >= 4 is 39.7 Å². The van der Waals surface area contributed by atoms with Crippen LogP contribution in [0.15, 0.2) is 52.8 Å². The molecule has 0 saturated carbocycles. The van der Waals surface area contributed by atoms with Crippen molar-refractivity contribution in [2.45, 2.75) is 12.2 Å². The number of carbonyl (C=O) groups is 1. The molecule has 1 amide bonds. The molecule has 1 fully saturated rings. The third kappa shape index (κ3) is 6.09. The van der Waals surface area contributed by atoms with Gasteiger partial charge >= 0.3 is 0 Å². The maximum Gasteiger partial charge on any atom is 0.258 e. The second kappa shape index (κ2) is 10.8. The van der Waals surface area contributed by atoms with Gasteiger partial charge in [-0.05, 0) is 25.1 Å².